The molecule has 1 heterocycles. The normalized spacial score (nSPS) is 34.9. The summed E-state index contributed by atoms with van der Waals surface area (Å²) in [4.78, 5) is 22.2. The number of ketones is 1. The van der Waals surface area contributed by atoms with Gasteiger partial charge >= 0.3 is 0 Å². The molecule has 0 aromatic rings. The van der Waals surface area contributed by atoms with Crippen LogP contribution < -0.4 is 5.32 Å². The number of amides is 1. The van der Waals surface area contributed by atoms with Gasteiger partial charge in [-0.3, -0.25) is 4.79 Å². The Morgan fingerprint density at radius 3 is 2.32 bits per heavy atom. The minimum atomic E-state index is -1.54. The van der Waals surface area contributed by atoms with Crippen LogP contribution in [0.2, 0.25) is 0 Å². The molecule has 5 atom stereocenters. The predicted octanol–water partition coefficient (Wildman–Crippen LogP) is -2.73. The topological polar surface area (TPSA) is 136 Å². The maximum atomic E-state index is 11.5. The monoisotopic (exact) mass is 277 g/mol. The predicted molar refractivity (Wildman–Crippen MR) is 61.8 cm³/mol. The molecule has 0 bridgehead atoms. The second-order valence-corrected chi connectivity index (χ2v) is 4.52. The Balaban J connectivity index is 2.57. The highest BCUT2D eigenvalue weighted by atomic mass is 16.6. The van der Waals surface area contributed by atoms with Gasteiger partial charge in [0.1, 0.15) is 30.1 Å². The lowest BCUT2D eigenvalue weighted by Crippen LogP contribution is -2.64. The van der Waals surface area contributed by atoms with E-state index in [1.165, 1.54) is 6.92 Å². The zero-order chi connectivity index (χ0) is 14.6. The van der Waals surface area contributed by atoms with Crippen molar-refractivity contribution in [2.75, 3.05) is 6.61 Å². The van der Waals surface area contributed by atoms with Gasteiger partial charge in [-0.1, -0.05) is 0 Å². The average molecular weight is 277 g/mol. The Bertz CT molecular complexity index is 335. The summed E-state index contributed by atoms with van der Waals surface area (Å²) in [6.07, 6.45) is -5.58. The van der Waals surface area contributed by atoms with Gasteiger partial charge in [0.05, 0.1) is 6.61 Å². The summed E-state index contributed by atoms with van der Waals surface area (Å²) in [5.74, 6) is -0.701. The smallest absolute Gasteiger partial charge is 0.220 e. The van der Waals surface area contributed by atoms with Crippen molar-refractivity contribution in [2.45, 2.75) is 50.4 Å². The van der Waals surface area contributed by atoms with E-state index in [-0.39, 0.29) is 18.6 Å². The van der Waals surface area contributed by atoms with Crippen molar-refractivity contribution in [2.24, 2.45) is 0 Å². The first-order valence-corrected chi connectivity index (χ1v) is 5.96. The number of nitrogens with one attached hydrogen (secondary N) is 1. The number of rotatable bonds is 5. The molecule has 0 saturated carbocycles. The lowest BCUT2D eigenvalue weighted by atomic mass is 9.97. The Hall–Kier alpha value is -1.06. The molecule has 4 unspecified atom stereocenters. The highest BCUT2D eigenvalue weighted by molar-refractivity contribution is 5.83. The van der Waals surface area contributed by atoms with Crippen LogP contribution in [0.15, 0.2) is 0 Å². The van der Waals surface area contributed by atoms with Gasteiger partial charge in [-0.15, -0.1) is 0 Å². The van der Waals surface area contributed by atoms with E-state index in [9.17, 15) is 24.9 Å². The Kier molecular flexibility index (Phi) is 5.83. The quantitative estimate of drug-likeness (QED) is 0.368. The third kappa shape index (κ3) is 4.22. The number of carbonyl (C=O) groups excluding carboxylic acids is 2. The van der Waals surface area contributed by atoms with E-state index >= 15 is 0 Å². The summed E-state index contributed by atoms with van der Waals surface area (Å²) >= 11 is 0. The van der Waals surface area contributed by atoms with Crippen LogP contribution in [-0.2, 0) is 14.3 Å². The highest BCUT2D eigenvalue weighted by Gasteiger charge is 2.44. The van der Waals surface area contributed by atoms with Crippen LogP contribution in [0.25, 0.3) is 0 Å². The first kappa shape index (κ1) is 16.0. The molecule has 1 aliphatic rings. The molecule has 0 radical (unpaired) electrons. The van der Waals surface area contributed by atoms with Crippen LogP contribution in [0.5, 0.6) is 0 Å². The number of ether oxygens (including phenoxy) is 1. The average Bonchev–Trinajstić information content (AvgIpc) is 2.36. The van der Waals surface area contributed by atoms with Crippen molar-refractivity contribution in [3.8, 4) is 0 Å². The summed E-state index contributed by atoms with van der Waals surface area (Å²) in [7, 11) is 0. The lowest BCUT2D eigenvalue weighted by Gasteiger charge is -2.40. The van der Waals surface area contributed by atoms with Gasteiger partial charge in [0.25, 0.3) is 0 Å². The zero-order valence-corrected chi connectivity index (χ0v) is 10.5. The van der Waals surface area contributed by atoms with Crippen LogP contribution in [0.4, 0.5) is 0 Å². The molecule has 8 nitrogen and oxygen atoms in total. The largest absolute Gasteiger partial charge is 0.394 e. The maximum Gasteiger partial charge on any atom is 0.220 e. The molecule has 19 heavy (non-hydrogen) atoms. The first-order valence-electron chi connectivity index (χ1n) is 5.96. The molecule has 0 aromatic carbocycles. The van der Waals surface area contributed by atoms with Crippen LogP contribution in [0.1, 0.15) is 19.8 Å². The molecule has 1 fully saturated rings. The van der Waals surface area contributed by atoms with E-state index in [0.29, 0.717) is 0 Å². The van der Waals surface area contributed by atoms with Gasteiger partial charge in [0.15, 0.2) is 6.29 Å². The third-order valence-corrected chi connectivity index (χ3v) is 2.93. The number of aliphatic hydroxyl groups is 4. The zero-order valence-electron chi connectivity index (χ0n) is 10.5. The Morgan fingerprint density at radius 1 is 1.16 bits per heavy atom. The van der Waals surface area contributed by atoms with Crippen molar-refractivity contribution in [3.63, 3.8) is 0 Å². The van der Waals surface area contributed by atoms with Crippen LogP contribution >= 0.6 is 0 Å². The molecule has 0 aliphatic carbocycles. The number of aliphatic hydroxyl groups excluding tert-OH is 4. The molecular weight excluding hydrogens is 258 g/mol. The summed E-state index contributed by atoms with van der Waals surface area (Å²) in [6.45, 7) is 0.774. The fourth-order valence-corrected chi connectivity index (χ4v) is 1.80. The standard InChI is InChI=1S/C11H19NO7/c1-5(14)2-3-7(15)12-8-10(17)9(16)6(4-13)19-11(8)18/h6,8-11,13,16-18H,2-4H2,1H3,(H,12,15)/t6?,8?,9?,10?,11-/m1/s1. The van der Waals surface area contributed by atoms with Crippen molar-refractivity contribution >= 4 is 11.7 Å². The fourth-order valence-electron chi connectivity index (χ4n) is 1.80. The van der Waals surface area contributed by atoms with E-state index < -0.39 is 43.2 Å². The van der Waals surface area contributed by atoms with Gasteiger partial charge in [-0.25, -0.2) is 0 Å². The number of Topliss-reactive ketones (excluding diaryl/α,β-unsaturated/α-hetero) is 1. The molecule has 1 saturated heterocycles. The second-order valence-electron chi connectivity index (χ2n) is 4.52. The fraction of sp³-hybridized carbons (Fsp3) is 0.818. The molecule has 5 N–H and O–H groups in total. The van der Waals surface area contributed by atoms with Crippen LogP contribution in [0.3, 0.4) is 0 Å². The molecule has 110 valence electrons. The molecule has 1 rings (SSSR count). The van der Waals surface area contributed by atoms with Gasteiger partial charge < -0.3 is 35.3 Å². The van der Waals surface area contributed by atoms with E-state index in [2.05, 4.69) is 5.32 Å². The van der Waals surface area contributed by atoms with Crippen LogP contribution in [-0.4, -0.2) is 69.4 Å². The van der Waals surface area contributed by atoms with Gasteiger partial charge in [-0.2, -0.15) is 0 Å². The van der Waals surface area contributed by atoms with Gasteiger partial charge in [-0.05, 0) is 6.92 Å². The molecule has 1 aliphatic heterocycles. The number of hydrogen-bond acceptors (Lipinski definition) is 7. The van der Waals surface area contributed by atoms with Crippen molar-refractivity contribution in [1.29, 1.82) is 0 Å². The number of carbonyl (C=O) groups is 2. The Morgan fingerprint density at radius 2 is 1.79 bits per heavy atom. The van der Waals surface area contributed by atoms with Crippen molar-refractivity contribution in [3.05, 3.63) is 0 Å². The maximum absolute atomic E-state index is 11.5. The summed E-state index contributed by atoms with van der Waals surface area (Å²) in [5.41, 5.74) is 0. The first-order chi connectivity index (χ1) is 8.86. The van der Waals surface area contributed by atoms with E-state index in [1.807, 2.05) is 0 Å². The van der Waals surface area contributed by atoms with Gasteiger partial charge in [0.2, 0.25) is 5.91 Å². The van der Waals surface area contributed by atoms with Crippen molar-refractivity contribution < 1.29 is 34.8 Å². The van der Waals surface area contributed by atoms with Crippen molar-refractivity contribution in [1.82, 2.24) is 5.32 Å². The summed E-state index contributed by atoms with van der Waals surface area (Å²) in [6, 6.07) is -1.21. The molecule has 8 heteroatoms. The summed E-state index contributed by atoms with van der Waals surface area (Å²) in [5, 5.41) is 40.1. The van der Waals surface area contributed by atoms with Gasteiger partial charge in [0, 0.05) is 12.8 Å². The van der Waals surface area contributed by atoms with E-state index in [1.54, 1.807) is 0 Å². The van der Waals surface area contributed by atoms with Crippen LogP contribution in [0, 0.1) is 0 Å². The SMILES string of the molecule is CC(=O)CCC(=O)NC1C(O)C(O)C(CO)O[C@H]1O. The number of hydrogen-bond donors (Lipinski definition) is 5. The highest BCUT2D eigenvalue weighted by Crippen LogP contribution is 2.19. The van der Waals surface area contributed by atoms with E-state index in [0.717, 1.165) is 0 Å². The Labute approximate surface area is 110 Å². The molecule has 0 aromatic heterocycles. The summed E-state index contributed by atoms with van der Waals surface area (Å²) < 4.78 is 4.87. The second kappa shape index (κ2) is 6.92. The molecule has 1 amide bonds. The molecular formula is C11H19NO7. The molecule has 0 spiro atoms. The lowest BCUT2D eigenvalue weighted by molar-refractivity contribution is -0.253. The third-order valence-electron chi connectivity index (χ3n) is 2.93. The minimum Gasteiger partial charge on any atom is -0.394 e. The van der Waals surface area contributed by atoms with E-state index in [4.69, 9.17) is 9.84 Å². The minimum absolute atomic E-state index is 0.0490.